The van der Waals surface area contributed by atoms with Gasteiger partial charge in [0.15, 0.2) is 34.9 Å². The third kappa shape index (κ3) is 12.4. The topological polar surface area (TPSA) is 340 Å². The molecule has 13 aromatic rings. The molecular weight excluding hydrogens is 1250 g/mol. The van der Waals surface area contributed by atoms with E-state index < -0.39 is 0 Å². The second-order valence-electron chi connectivity index (χ2n) is 19.9. The second kappa shape index (κ2) is 26.9. The average Bonchev–Trinajstić information content (AvgIpc) is 1.25. The summed E-state index contributed by atoms with van der Waals surface area (Å²) in [4.78, 5) is 0. The van der Waals surface area contributed by atoms with Gasteiger partial charge in [0.1, 0.15) is 0 Å². The summed E-state index contributed by atoms with van der Waals surface area (Å²) >= 11 is 8.69. The van der Waals surface area contributed by atoms with E-state index in [0.717, 1.165) is 66.8 Å². The highest BCUT2D eigenvalue weighted by Gasteiger charge is 2.30. The predicted molar refractivity (Wildman–Crippen MR) is 357 cm³/mol. The van der Waals surface area contributed by atoms with Crippen LogP contribution in [0.15, 0.2) is 213 Å². The highest BCUT2D eigenvalue weighted by atomic mass is 32.2. The maximum absolute atomic E-state index is 6.96. The van der Waals surface area contributed by atoms with Crippen molar-refractivity contribution in [2.75, 3.05) is 35.1 Å². The highest BCUT2D eigenvalue weighted by Crippen LogP contribution is 2.45. The predicted octanol–water partition coefficient (Wildman–Crippen LogP) is 9.27. The molecule has 0 atom stereocenters. The molecule has 0 unspecified atom stereocenters. The molecule has 0 aliphatic heterocycles. The highest BCUT2D eigenvalue weighted by molar-refractivity contribution is 7.99. The van der Waals surface area contributed by atoms with Gasteiger partial charge in [0.05, 0.1) is 0 Å². The van der Waals surface area contributed by atoms with Crippen LogP contribution in [0.25, 0.3) is 68.3 Å². The van der Waals surface area contributed by atoms with Gasteiger partial charge < -0.3 is 35.1 Å². The van der Waals surface area contributed by atoms with Crippen molar-refractivity contribution < 1.29 is 0 Å². The van der Waals surface area contributed by atoms with Gasteiger partial charge in [-0.1, -0.05) is 253 Å². The number of hydrogen-bond acceptors (Lipinski definition) is 24. The van der Waals surface area contributed by atoms with Crippen LogP contribution in [0.3, 0.4) is 0 Å². The van der Waals surface area contributed by atoms with E-state index in [-0.39, 0.29) is 0 Å². The number of hydrogen-bond donors (Lipinski definition) is 6. The average molecular weight is 1300 g/mol. The zero-order valence-electron chi connectivity index (χ0n) is 47.5. The van der Waals surface area contributed by atoms with Crippen molar-refractivity contribution in [2.45, 2.75) is 65.5 Å². The maximum Gasteiger partial charge on any atom is 0.210 e. The third-order valence-electron chi connectivity index (χ3n) is 14.4. The molecule has 0 aliphatic carbocycles. The maximum atomic E-state index is 6.96. The molecule has 0 bridgehead atoms. The van der Waals surface area contributed by atoms with E-state index in [1.165, 1.54) is 98.6 Å². The first-order valence-corrected chi connectivity index (χ1v) is 33.6. The molecule has 0 saturated heterocycles. The molecule has 7 aromatic carbocycles. The van der Waals surface area contributed by atoms with Crippen LogP contribution in [-0.2, 0) is 34.5 Å². The van der Waals surface area contributed by atoms with E-state index in [1.54, 1.807) is 0 Å². The van der Waals surface area contributed by atoms with Gasteiger partial charge in [-0.05, 0) is 33.4 Å². The monoisotopic (exact) mass is 1300 g/mol. The van der Waals surface area contributed by atoms with E-state index >= 15 is 0 Å². The van der Waals surface area contributed by atoms with E-state index in [1.807, 2.05) is 182 Å². The van der Waals surface area contributed by atoms with E-state index in [2.05, 4.69) is 61.2 Å². The Morgan fingerprint density at radius 1 is 0.200 bits per heavy atom. The third-order valence-corrected chi connectivity index (χ3v) is 20.3. The molecule has 0 aliphatic rings. The van der Waals surface area contributed by atoms with Crippen molar-refractivity contribution in [3.8, 4) is 68.3 Å². The lowest BCUT2D eigenvalue weighted by Gasteiger charge is -2.27. The number of benzene rings is 7. The summed E-state index contributed by atoms with van der Waals surface area (Å²) in [6.45, 7) is 0. The zero-order valence-corrected chi connectivity index (χ0v) is 52.4. The molecule has 6 aromatic heterocycles. The Morgan fingerprint density at radius 3 is 0.467 bits per heavy atom. The fourth-order valence-electron chi connectivity index (χ4n) is 9.92. The van der Waals surface area contributed by atoms with E-state index in [0.29, 0.717) is 100 Å². The van der Waals surface area contributed by atoms with Crippen LogP contribution in [0.4, 0.5) is 0 Å². The standard InChI is InChI=1S/C60H54N24S6/c61-79-49(37-19-7-1-8-20-37)67-73-55(79)85-31-43-44(32-86-56-74-68-50(80(56)62)38-21-9-2-10-22-38)46(34-88-58-76-70-52(82(58)64)40-25-13-4-14-26-40)48(36-90-60-78-72-54(84(60)66)42-29-17-6-18-30-42)47(35-89-59-77-71-53(83(59)65)41-27-15-5-16-28-41)45(43)33-87-57-75-69-51(81(57)63)39-23-11-3-12-24-39/h1-30H,31-36,61-66H2. The molecule has 6 heterocycles. The SMILES string of the molecule is Nn1c(SCc2c(CSc3nnc(-c4ccccc4)n3N)c(CSc3nnc(-c4ccccc4)n3N)c(CSc3nnc(-c4ccccc4)n3N)c(CSc3nnc(-c4ccccc4)n3N)c2CSc2nnc(-c3ccccc3)n2N)nnc1-c1ccccc1. The smallest absolute Gasteiger partial charge is 0.210 e. The van der Waals surface area contributed by atoms with Crippen LogP contribution in [-0.4, -0.2) is 89.2 Å². The number of nitrogens with two attached hydrogens (primary N) is 6. The van der Waals surface area contributed by atoms with E-state index in [9.17, 15) is 0 Å². The Morgan fingerprint density at radius 2 is 0.333 bits per heavy atom. The fourth-order valence-corrected chi connectivity index (χ4v) is 15.6. The minimum atomic E-state index is 0.335. The summed E-state index contributed by atoms with van der Waals surface area (Å²) in [6.07, 6.45) is 0. The summed E-state index contributed by atoms with van der Waals surface area (Å²) in [6, 6.07) is 58.2. The molecule has 0 spiro atoms. The summed E-state index contributed by atoms with van der Waals surface area (Å²) in [5, 5.41) is 58.6. The van der Waals surface area contributed by atoms with Crippen LogP contribution in [0.5, 0.6) is 0 Å². The van der Waals surface area contributed by atoms with Gasteiger partial charge in [-0.2, -0.15) is 0 Å². The van der Waals surface area contributed by atoms with Crippen molar-refractivity contribution in [2.24, 2.45) is 0 Å². The first-order valence-electron chi connectivity index (χ1n) is 27.7. The molecule has 450 valence electrons. The fraction of sp³-hybridized carbons (Fsp3) is 0.100. The Hall–Kier alpha value is -9.72. The van der Waals surface area contributed by atoms with E-state index in [4.69, 9.17) is 35.1 Å². The Kier molecular flexibility index (Phi) is 17.7. The summed E-state index contributed by atoms with van der Waals surface area (Å²) < 4.78 is 9.14. The van der Waals surface area contributed by atoms with Gasteiger partial charge in [0.25, 0.3) is 0 Å². The summed E-state index contributed by atoms with van der Waals surface area (Å²) in [7, 11) is 0. The number of nitrogens with zero attached hydrogens (tertiary/aromatic N) is 18. The van der Waals surface area contributed by atoms with Crippen LogP contribution < -0.4 is 35.1 Å². The normalized spacial score (nSPS) is 11.5. The molecular formula is C60H54N24S6. The van der Waals surface area contributed by atoms with Crippen LogP contribution in [0.2, 0.25) is 0 Å². The Balaban J connectivity index is 1.02. The molecule has 24 nitrogen and oxygen atoms in total. The summed E-state index contributed by atoms with van der Waals surface area (Å²) in [5.41, 5.74) is 10.6. The van der Waals surface area contributed by atoms with Crippen molar-refractivity contribution in [1.82, 2.24) is 89.2 Å². The minimum Gasteiger partial charge on any atom is -0.335 e. The quantitative estimate of drug-likeness (QED) is 0.0242. The molecule has 0 radical (unpaired) electrons. The molecule has 0 fully saturated rings. The summed E-state index contributed by atoms with van der Waals surface area (Å²) in [5.74, 6) is 46.8. The van der Waals surface area contributed by atoms with Crippen molar-refractivity contribution in [1.29, 1.82) is 0 Å². The van der Waals surface area contributed by atoms with Crippen molar-refractivity contribution in [3.63, 3.8) is 0 Å². The van der Waals surface area contributed by atoms with Crippen molar-refractivity contribution >= 4 is 70.6 Å². The minimum absolute atomic E-state index is 0.335. The van der Waals surface area contributed by atoms with Crippen molar-refractivity contribution in [3.05, 3.63) is 215 Å². The van der Waals surface area contributed by atoms with Crippen LogP contribution in [0, 0.1) is 0 Å². The lowest BCUT2D eigenvalue weighted by Crippen LogP contribution is -2.16. The van der Waals surface area contributed by atoms with Gasteiger partial charge >= 0.3 is 0 Å². The largest absolute Gasteiger partial charge is 0.335 e. The number of aromatic nitrogens is 18. The molecule has 30 heteroatoms. The Bertz CT molecular complexity index is 3810. The number of nitrogen functional groups attached to an aromatic ring is 6. The molecule has 0 saturated carbocycles. The van der Waals surface area contributed by atoms with Gasteiger partial charge in [-0.15, -0.1) is 61.2 Å². The number of rotatable bonds is 24. The molecule has 0 amide bonds. The second-order valence-corrected chi connectivity index (χ2v) is 25.5. The first-order chi connectivity index (χ1) is 44.2. The van der Waals surface area contributed by atoms with Crippen LogP contribution >= 0.6 is 70.6 Å². The lowest BCUT2D eigenvalue weighted by molar-refractivity contribution is 0.844. The van der Waals surface area contributed by atoms with Gasteiger partial charge in [0.2, 0.25) is 30.9 Å². The van der Waals surface area contributed by atoms with Crippen LogP contribution in [0.1, 0.15) is 33.4 Å². The first kappa shape index (κ1) is 59.3. The zero-order chi connectivity index (χ0) is 61.5. The van der Waals surface area contributed by atoms with Gasteiger partial charge in [-0.3, -0.25) is 0 Å². The molecule has 90 heavy (non-hydrogen) atoms. The lowest BCUT2D eigenvalue weighted by atomic mass is 9.90. The molecule has 12 N–H and O–H groups in total. The Labute approximate surface area is 540 Å². The molecule has 13 rings (SSSR count). The van der Waals surface area contributed by atoms with Gasteiger partial charge in [-0.25, -0.2) is 28.1 Å². The van der Waals surface area contributed by atoms with Gasteiger partial charge in [0, 0.05) is 67.9 Å². The number of thioether (sulfide) groups is 6.